The molecule has 2 N–H and O–H groups in total. The van der Waals surface area contributed by atoms with Crippen LogP contribution in [-0.4, -0.2) is 41.6 Å². The van der Waals surface area contributed by atoms with Gasteiger partial charge >= 0.3 is 0 Å². The smallest absolute Gasteiger partial charge is 0.231 e. The van der Waals surface area contributed by atoms with Gasteiger partial charge < -0.3 is 15.5 Å². The van der Waals surface area contributed by atoms with E-state index in [2.05, 4.69) is 39.4 Å². The lowest BCUT2D eigenvalue weighted by Crippen LogP contribution is -2.26. The molecule has 3 unspecified atom stereocenters. The second-order valence-electron chi connectivity index (χ2n) is 5.87. The predicted octanol–water partition coefficient (Wildman–Crippen LogP) is 2.22. The van der Waals surface area contributed by atoms with E-state index < -0.39 is 0 Å². The Morgan fingerprint density at radius 1 is 1.10 bits per heavy atom. The van der Waals surface area contributed by atoms with Crippen LogP contribution in [0.3, 0.4) is 0 Å². The van der Waals surface area contributed by atoms with E-state index in [-0.39, 0.29) is 0 Å². The van der Waals surface area contributed by atoms with Gasteiger partial charge in [-0.1, -0.05) is 13.8 Å². The zero-order valence-corrected chi connectivity index (χ0v) is 13.1. The molecule has 1 fully saturated rings. The maximum Gasteiger partial charge on any atom is 0.231 e. The number of anilines is 3. The van der Waals surface area contributed by atoms with Crippen molar-refractivity contribution < 1.29 is 0 Å². The van der Waals surface area contributed by atoms with Crippen LogP contribution >= 0.6 is 0 Å². The van der Waals surface area contributed by atoms with Gasteiger partial charge in [-0.3, -0.25) is 0 Å². The highest BCUT2D eigenvalue weighted by atomic mass is 15.3. The lowest BCUT2D eigenvalue weighted by Gasteiger charge is -2.21. The van der Waals surface area contributed by atoms with Crippen molar-refractivity contribution in [2.45, 2.75) is 39.7 Å². The minimum Gasteiger partial charge on any atom is -0.354 e. The Balaban J connectivity index is 2.17. The summed E-state index contributed by atoms with van der Waals surface area (Å²) in [6, 6.07) is 0.455. The van der Waals surface area contributed by atoms with Crippen LogP contribution < -0.4 is 15.5 Å². The number of aromatic nitrogens is 3. The third-order valence-corrected chi connectivity index (χ3v) is 4.14. The molecule has 0 bridgehead atoms. The molecule has 3 atom stereocenters. The lowest BCUT2D eigenvalue weighted by atomic mass is 9.98. The van der Waals surface area contributed by atoms with Crippen LogP contribution in [0.25, 0.3) is 0 Å². The van der Waals surface area contributed by atoms with E-state index in [1.54, 1.807) is 0 Å². The summed E-state index contributed by atoms with van der Waals surface area (Å²) in [6.45, 7) is 7.45. The minimum absolute atomic E-state index is 0.455. The summed E-state index contributed by atoms with van der Waals surface area (Å²) in [6.07, 6.45) is 2.45. The fourth-order valence-corrected chi connectivity index (χ4v) is 2.60. The van der Waals surface area contributed by atoms with Crippen LogP contribution in [0.1, 0.15) is 33.6 Å². The summed E-state index contributed by atoms with van der Waals surface area (Å²) in [5, 5.41) is 6.65. The van der Waals surface area contributed by atoms with Crippen LogP contribution in [0.5, 0.6) is 0 Å². The van der Waals surface area contributed by atoms with Crippen molar-refractivity contribution in [1.29, 1.82) is 0 Å². The zero-order valence-electron chi connectivity index (χ0n) is 13.1. The van der Waals surface area contributed by atoms with Crippen LogP contribution in [0, 0.1) is 11.8 Å². The highest BCUT2D eigenvalue weighted by molar-refractivity contribution is 5.43. The topological polar surface area (TPSA) is 66.0 Å². The van der Waals surface area contributed by atoms with E-state index in [1.807, 2.05) is 25.9 Å². The van der Waals surface area contributed by atoms with Gasteiger partial charge in [-0.15, -0.1) is 0 Å². The summed E-state index contributed by atoms with van der Waals surface area (Å²) in [4.78, 5) is 15.2. The van der Waals surface area contributed by atoms with Crippen LogP contribution in [0.2, 0.25) is 0 Å². The molecule has 6 heteroatoms. The van der Waals surface area contributed by atoms with Gasteiger partial charge in [-0.25, -0.2) is 0 Å². The van der Waals surface area contributed by atoms with E-state index in [0.717, 1.165) is 12.5 Å². The maximum atomic E-state index is 4.49. The molecule has 0 aliphatic heterocycles. The molecular weight excluding hydrogens is 252 g/mol. The number of hydrogen-bond donors (Lipinski definition) is 2. The lowest BCUT2D eigenvalue weighted by molar-refractivity contribution is 0.434. The number of rotatable bonds is 5. The largest absolute Gasteiger partial charge is 0.354 e. The molecule has 112 valence electrons. The van der Waals surface area contributed by atoms with Gasteiger partial charge in [0.15, 0.2) is 0 Å². The van der Waals surface area contributed by atoms with Crippen molar-refractivity contribution in [3.05, 3.63) is 0 Å². The van der Waals surface area contributed by atoms with Crippen LogP contribution in [0.4, 0.5) is 17.8 Å². The Bertz CT molecular complexity index is 447. The van der Waals surface area contributed by atoms with Crippen molar-refractivity contribution in [2.24, 2.45) is 11.8 Å². The maximum absolute atomic E-state index is 4.49. The molecule has 1 aliphatic carbocycles. The summed E-state index contributed by atoms with van der Waals surface area (Å²) < 4.78 is 0. The Morgan fingerprint density at radius 3 is 2.35 bits per heavy atom. The van der Waals surface area contributed by atoms with Crippen molar-refractivity contribution in [3.8, 4) is 0 Å². The van der Waals surface area contributed by atoms with Crippen LogP contribution in [-0.2, 0) is 0 Å². The first kappa shape index (κ1) is 14.8. The van der Waals surface area contributed by atoms with E-state index in [1.165, 1.54) is 12.8 Å². The highest BCUT2D eigenvalue weighted by Crippen LogP contribution is 2.32. The Labute approximate surface area is 121 Å². The molecule has 0 radical (unpaired) electrons. The van der Waals surface area contributed by atoms with Gasteiger partial charge in [0, 0.05) is 26.7 Å². The fourth-order valence-electron chi connectivity index (χ4n) is 2.60. The quantitative estimate of drug-likeness (QED) is 0.861. The summed E-state index contributed by atoms with van der Waals surface area (Å²) in [5.41, 5.74) is 0. The Morgan fingerprint density at radius 2 is 1.80 bits per heavy atom. The van der Waals surface area contributed by atoms with Gasteiger partial charge in [0.25, 0.3) is 0 Å². The molecule has 6 nitrogen and oxygen atoms in total. The summed E-state index contributed by atoms with van der Waals surface area (Å²) >= 11 is 0. The third-order valence-electron chi connectivity index (χ3n) is 4.14. The Hall–Kier alpha value is -1.59. The monoisotopic (exact) mass is 278 g/mol. The second kappa shape index (κ2) is 6.24. The van der Waals surface area contributed by atoms with Crippen LogP contribution in [0.15, 0.2) is 0 Å². The van der Waals surface area contributed by atoms with Gasteiger partial charge in [0.1, 0.15) is 0 Å². The molecule has 1 aromatic heterocycles. The number of nitrogens with zero attached hydrogens (tertiary/aromatic N) is 4. The fraction of sp³-hybridized carbons (Fsp3) is 0.786. The molecular formula is C14H26N6. The van der Waals surface area contributed by atoms with Gasteiger partial charge in [0.05, 0.1) is 0 Å². The molecule has 1 heterocycles. The molecule has 1 saturated carbocycles. The Kier molecular flexibility index (Phi) is 4.62. The summed E-state index contributed by atoms with van der Waals surface area (Å²) in [7, 11) is 3.88. The molecule has 1 aliphatic rings. The first-order chi connectivity index (χ1) is 9.51. The summed E-state index contributed by atoms with van der Waals surface area (Å²) in [5.74, 6) is 3.39. The number of nitrogens with one attached hydrogen (secondary N) is 2. The second-order valence-corrected chi connectivity index (χ2v) is 5.87. The molecule has 0 spiro atoms. The first-order valence-electron chi connectivity index (χ1n) is 7.45. The minimum atomic E-state index is 0.455. The number of hydrogen-bond acceptors (Lipinski definition) is 6. The standard InChI is InChI=1S/C14H26N6/c1-6-15-12-17-13(19-14(18-12)20(4)5)16-11-8-7-9(2)10(11)3/h9-11H,6-8H2,1-5H3,(H2,15,16,17,18,19). The SMILES string of the molecule is CCNc1nc(NC2CCC(C)C2C)nc(N(C)C)n1. The van der Waals surface area contributed by atoms with E-state index in [4.69, 9.17) is 0 Å². The van der Waals surface area contributed by atoms with Crippen molar-refractivity contribution in [2.75, 3.05) is 36.2 Å². The third kappa shape index (κ3) is 3.29. The molecule has 1 aromatic rings. The molecule has 0 aromatic carbocycles. The van der Waals surface area contributed by atoms with Gasteiger partial charge in [-0.2, -0.15) is 15.0 Å². The van der Waals surface area contributed by atoms with Gasteiger partial charge in [0.2, 0.25) is 17.8 Å². The average molecular weight is 278 g/mol. The predicted molar refractivity (Wildman–Crippen MR) is 83.3 cm³/mol. The first-order valence-corrected chi connectivity index (χ1v) is 7.45. The van der Waals surface area contributed by atoms with Crippen molar-refractivity contribution in [1.82, 2.24) is 15.0 Å². The molecule has 0 saturated heterocycles. The van der Waals surface area contributed by atoms with E-state index >= 15 is 0 Å². The molecule has 0 amide bonds. The highest BCUT2D eigenvalue weighted by Gasteiger charge is 2.30. The van der Waals surface area contributed by atoms with Gasteiger partial charge in [-0.05, 0) is 31.6 Å². The zero-order chi connectivity index (χ0) is 14.7. The van der Waals surface area contributed by atoms with Crippen molar-refractivity contribution in [3.63, 3.8) is 0 Å². The van der Waals surface area contributed by atoms with Crippen molar-refractivity contribution >= 4 is 17.8 Å². The molecule has 20 heavy (non-hydrogen) atoms. The normalized spacial score (nSPS) is 25.6. The average Bonchev–Trinajstić information content (AvgIpc) is 2.71. The van der Waals surface area contributed by atoms with E-state index in [9.17, 15) is 0 Å². The van der Waals surface area contributed by atoms with E-state index in [0.29, 0.717) is 29.8 Å². The molecule has 2 rings (SSSR count).